The minimum Gasteiger partial charge on any atom is -0.474 e. The van der Waals surface area contributed by atoms with E-state index in [1.54, 1.807) is 4.90 Å². The quantitative estimate of drug-likeness (QED) is 0.489. The second kappa shape index (κ2) is 9.94. The molecular formula is C25H24F3N3O2. The summed E-state index contributed by atoms with van der Waals surface area (Å²) in [5, 5.41) is 3.12. The Bertz CT molecular complexity index is 997. The lowest BCUT2D eigenvalue weighted by atomic mass is 9.93. The molecular weight excluding hydrogens is 431 g/mol. The van der Waals surface area contributed by atoms with Gasteiger partial charge in [-0.2, -0.15) is 13.2 Å². The number of carbonyl (C=O) groups excluding carboxylic acids is 1. The van der Waals surface area contributed by atoms with Crippen molar-refractivity contribution in [1.29, 1.82) is 0 Å². The van der Waals surface area contributed by atoms with Gasteiger partial charge in [0.05, 0.1) is 16.9 Å². The van der Waals surface area contributed by atoms with E-state index in [2.05, 4.69) is 10.3 Å². The molecule has 0 unspecified atom stereocenters. The maximum atomic E-state index is 13.2. The Morgan fingerprint density at radius 2 is 1.45 bits per heavy atom. The summed E-state index contributed by atoms with van der Waals surface area (Å²) in [5.41, 5.74) is 0.737. The number of nitrogens with zero attached hydrogens (tertiary/aromatic N) is 2. The number of rotatable bonds is 5. The predicted molar refractivity (Wildman–Crippen MR) is 119 cm³/mol. The monoisotopic (exact) mass is 455 g/mol. The molecule has 0 spiro atoms. The van der Waals surface area contributed by atoms with E-state index >= 15 is 0 Å². The van der Waals surface area contributed by atoms with Gasteiger partial charge in [-0.3, -0.25) is 4.90 Å². The Kier molecular flexibility index (Phi) is 6.82. The molecule has 2 aromatic carbocycles. The number of hydrogen-bond acceptors (Lipinski definition) is 3. The summed E-state index contributed by atoms with van der Waals surface area (Å²) in [6, 6.07) is 20.9. The van der Waals surface area contributed by atoms with E-state index in [-0.39, 0.29) is 24.1 Å². The summed E-state index contributed by atoms with van der Waals surface area (Å²) in [7, 11) is 0. The number of alkyl halides is 3. The lowest BCUT2D eigenvalue weighted by molar-refractivity contribution is -0.137. The Hall–Kier alpha value is -3.55. The van der Waals surface area contributed by atoms with Crippen molar-refractivity contribution in [1.82, 2.24) is 10.3 Å². The Balaban J connectivity index is 1.34. The molecule has 8 heteroatoms. The van der Waals surface area contributed by atoms with E-state index in [1.165, 1.54) is 6.07 Å². The topological polar surface area (TPSA) is 54.5 Å². The molecule has 0 bridgehead atoms. The van der Waals surface area contributed by atoms with E-state index in [0.717, 1.165) is 23.6 Å². The average Bonchev–Trinajstić information content (AvgIpc) is 2.82. The number of hydrogen-bond donors (Lipinski definition) is 1. The number of ether oxygens (including phenoxy) is 1. The fourth-order valence-corrected chi connectivity index (χ4v) is 3.89. The van der Waals surface area contributed by atoms with Gasteiger partial charge in [0.25, 0.3) is 0 Å². The van der Waals surface area contributed by atoms with Crippen LogP contribution in [0.5, 0.6) is 5.88 Å². The molecule has 3 aromatic rings. The molecule has 2 amide bonds. The summed E-state index contributed by atoms with van der Waals surface area (Å²) in [4.78, 5) is 18.6. The molecule has 172 valence electrons. The normalized spacial score (nSPS) is 18.4. The van der Waals surface area contributed by atoms with Gasteiger partial charge in [-0.1, -0.05) is 36.4 Å². The van der Waals surface area contributed by atoms with Crippen molar-refractivity contribution in [2.45, 2.75) is 44.0 Å². The van der Waals surface area contributed by atoms with Crippen molar-refractivity contribution >= 4 is 17.4 Å². The van der Waals surface area contributed by atoms with Crippen LogP contribution >= 0.6 is 0 Å². The van der Waals surface area contributed by atoms with Crippen molar-refractivity contribution in [2.75, 3.05) is 4.90 Å². The zero-order chi connectivity index (χ0) is 23.3. The molecule has 1 aliphatic carbocycles. The molecule has 4 rings (SSSR count). The van der Waals surface area contributed by atoms with Crippen LogP contribution in [0.25, 0.3) is 0 Å². The zero-order valence-electron chi connectivity index (χ0n) is 17.8. The van der Waals surface area contributed by atoms with Gasteiger partial charge in [0.2, 0.25) is 5.88 Å². The number of benzene rings is 2. The fraction of sp³-hybridized carbons (Fsp3) is 0.280. The molecule has 1 saturated carbocycles. The smallest absolute Gasteiger partial charge is 0.417 e. The molecule has 5 nitrogen and oxygen atoms in total. The first-order valence-corrected chi connectivity index (χ1v) is 10.8. The summed E-state index contributed by atoms with van der Waals surface area (Å²) in [6.45, 7) is 0. The number of aromatic nitrogens is 1. The van der Waals surface area contributed by atoms with Crippen LogP contribution in [0, 0.1) is 0 Å². The molecule has 1 fully saturated rings. The SMILES string of the molecule is O=C(NC1CCC(Oc2ccc(C(F)(F)F)cn2)CC1)N(c1ccccc1)c1ccccc1. The third kappa shape index (κ3) is 5.83. The van der Waals surface area contributed by atoms with Crippen molar-refractivity contribution in [3.05, 3.63) is 84.6 Å². The third-order valence-electron chi connectivity index (χ3n) is 5.58. The van der Waals surface area contributed by atoms with Crippen molar-refractivity contribution < 1.29 is 22.7 Å². The predicted octanol–water partition coefficient (Wildman–Crippen LogP) is 6.34. The van der Waals surface area contributed by atoms with Gasteiger partial charge in [-0.25, -0.2) is 9.78 Å². The number of amides is 2. The number of nitrogens with one attached hydrogen (secondary N) is 1. The van der Waals surface area contributed by atoms with E-state index in [4.69, 9.17) is 4.74 Å². The average molecular weight is 455 g/mol. The Labute approximate surface area is 190 Å². The minimum absolute atomic E-state index is 0.0205. The van der Waals surface area contributed by atoms with Crippen molar-refractivity contribution in [2.24, 2.45) is 0 Å². The van der Waals surface area contributed by atoms with Crippen LogP contribution in [0.1, 0.15) is 31.2 Å². The highest BCUT2D eigenvalue weighted by Crippen LogP contribution is 2.30. The lowest BCUT2D eigenvalue weighted by Crippen LogP contribution is -2.45. The van der Waals surface area contributed by atoms with Crippen molar-refractivity contribution in [3.8, 4) is 5.88 Å². The Morgan fingerprint density at radius 3 is 1.94 bits per heavy atom. The number of anilines is 2. The van der Waals surface area contributed by atoms with Gasteiger partial charge >= 0.3 is 12.2 Å². The van der Waals surface area contributed by atoms with Gasteiger partial charge in [-0.05, 0) is 56.0 Å². The van der Waals surface area contributed by atoms with Gasteiger partial charge in [0.15, 0.2) is 0 Å². The first-order chi connectivity index (χ1) is 15.9. The molecule has 1 N–H and O–H groups in total. The molecule has 0 saturated heterocycles. The van der Waals surface area contributed by atoms with Gasteiger partial charge in [0, 0.05) is 18.3 Å². The standard InChI is InChI=1S/C25H24F3N3O2/c26-25(27,28)18-11-16-23(29-17-18)33-22-14-12-19(13-15-22)30-24(32)31(20-7-3-1-4-8-20)21-9-5-2-6-10-21/h1-11,16-17,19,22H,12-15H2,(H,30,32). The van der Waals surface area contributed by atoms with Crippen LogP contribution in [0.15, 0.2) is 79.0 Å². The van der Waals surface area contributed by atoms with Gasteiger partial charge < -0.3 is 10.1 Å². The summed E-state index contributed by atoms with van der Waals surface area (Å²) >= 11 is 0. The minimum atomic E-state index is -4.42. The zero-order valence-corrected chi connectivity index (χ0v) is 17.8. The fourth-order valence-electron chi connectivity index (χ4n) is 3.89. The van der Waals surface area contributed by atoms with Crippen LogP contribution in [-0.4, -0.2) is 23.2 Å². The highest BCUT2D eigenvalue weighted by Gasteiger charge is 2.31. The number of urea groups is 1. The molecule has 1 heterocycles. The van der Waals surface area contributed by atoms with Gasteiger partial charge in [0.1, 0.15) is 6.10 Å². The first kappa shape index (κ1) is 22.6. The Morgan fingerprint density at radius 1 is 0.879 bits per heavy atom. The summed E-state index contributed by atoms with van der Waals surface area (Å²) in [6.07, 6.45) is -1.04. The van der Waals surface area contributed by atoms with Gasteiger partial charge in [-0.15, -0.1) is 0 Å². The number of para-hydroxylation sites is 2. The van der Waals surface area contributed by atoms with Crippen LogP contribution < -0.4 is 15.0 Å². The molecule has 33 heavy (non-hydrogen) atoms. The van der Waals surface area contributed by atoms with E-state index in [1.807, 2.05) is 60.7 Å². The molecule has 0 aliphatic heterocycles. The van der Waals surface area contributed by atoms with Crippen LogP contribution in [-0.2, 0) is 6.18 Å². The third-order valence-corrected chi connectivity index (χ3v) is 5.58. The number of pyridine rings is 1. The largest absolute Gasteiger partial charge is 0.474 e. The maximum Gasteiger partial charge on any atom is 0.417 e. The van der Waals surface area contributed by atoms with Crippen LogP contribution in [0.3, 0.4) is 0 Å². The first-order valence-electron chi connectivity index (χ1n) is 10.8. The summed E-state index contributed by atoms with van der Waals surface area (Å²) in [5.74, 6) is 0.176. The number of carbonyl (C=O) groups is 1. The highest BCUT2D eigenvalue weighted by atomic mass is 19.4. The highest BCUT2D eigenvalue weighted by molar-refractivity contribution is 5.99. The van der Waals surface area contributed by atoms with E-state index < -0.39 is 11.7 Å². The van der Waals surface area contributed by atoms with E-state index in [0.29, 0.717) is 25.7 Å². The van der Waals surface area contributed by atoms with Crippen LogP contribution in [0.2, 0.25) is 0 Å². The molecule has 1 aliphatic rings. The second-order valence-corrected chi connectivity index (χ2v) is 7.93. The molecule has 0 atom stereocenters. The lowest BCUT2D eigenvalue weighted by Gasteiger charge is -2.31. The summed E-state index contributed by atoms with van der Waals surface area (Å²) < 4.78 is 43.8. The molecule has 0 radical (unpaired) electrons. The van der Waals surface area contributed by atoms with E-state index in [9.17, 15) is 18.0 Å². The molecule has 1 aromatic heterocycles. The second-order valence-electron chi connectivity index (χ2n) is 7.93. The maximum absolute atomic E-state index is 13.2. The van der Waals surface area contributed by atoms with Crippen LogP contribution in [0.4, 0.5) is 29.3 Å². The number of halogens is 3. The van der Waals surface area contributed by atoms with Crippen molar-refractivity contribution in [3.63, 3.8) is 0 Å².